The summed E-state index contributed by atoms with van der Waals surface area (Å²) < 4.78 is 1.06. The molecule has 148 valence electrons. The van der Waals surface area contributed by atoms with Crippen molar-refractivity contribution >= 4 is 50.7 Å². The van der Waals surface area contributed by atoms with Gasteiger partial charge in [-0.25, -0.2) is 19.6 Å². The first-order valence-corrected chi connectivity index (χ1v) is 10.5. The molecule has 0 aliphatic carbocycles. The number of nitrogens with zero attached hydrogens (tertiary/aromatic N) is 2. The Morgan fingerprint density at radius 2 is 1.93 bits per heavy atom. The van der Waals surface area contributed by atoms with E-state index in [0.717, 1.165) is 21.3 Å². The maximum atomic E-state index is 12.2. The summed E-state index contributed by atoms with van der Waals surface area (Å²) in [5, 5.41) is 16.5. The van der Waals surface area contributed by atoms with Crippen LogP contribution in [0.3, 0.4) is 0 Å². The number of nitrogens with one attached hydrogen (secondary N) is 2. The third-order valence-corrected chi connectivity index (χ3v) is 5.95. The van der Waals surface area contributed by atoms with Crippen molar-refractivity contribution in [3.8, 4) is 23.5 Å². The molecule has 3 N–H and O–H groups in total. The Morgan fingerprint density at radius 1 is 1.13 bits per heavy atom. The topological polar surface area (TPSA) is 104 Å². The second-order valence-corrected chi connectivity index (χ2v) is 7.89. The lowest BCUT2D eigenvalue weighted by Gasteiger charge is -2.15. The van der Waals surface area contributed by atoms with E-state index in [9.17, 15) is 14.7 Å². The second-order valence-electron chi connectivity index (χ2n) is 6.18. The molecule has 0 aliphatic rings. The van der Waals surface area contributed by atoms with Crippen molar-refractivity contribution in [1.29, 1.82) is 0 Å². The van der Waals surface area contributed by atoms with Gasteiger partial charge in [0, 0.05) is 10.9 Å². The Hall–Kier alpha value is -3.74. The molecule has 0 saturated carbocycles. The minimum Gasteiger partial charge on any atom is -0.479 e. The number of carbonyl (C=O) groups excluding carboxylic acids is 1. The lowest BCUT2D eigenvalue weighted by Crippen LogP contribution is -2.36. The highest BCUT2D eigenvalue weighted by molar-refractivity contribution is 7.17. The summed E-state index contributed by atoms with van der Waals surface area (Å²) in [6.07, 6.45) is 5.26. The van der Waals surface area contributed by atoms with Crippen LogP contribution in [0.4, 0.5) is 10.6 Å². The molecular formula is C21H14N4O3S2. The number of aromatic nitrogens is 2. The smallest absolute Gasteiger partial charge is 0.330 e. The summed E-state index contributed by atoms with van der Waals surface area (Å²) in [6.45, 7) is 0. The molecule has 9 heteroatoms. The molecule has 2 aromatic carbocycles. The summed E-state index contributed by atoms with van der Waals surface area (Å²) in [5.74, 6) is 1.46. The summed E-state index contributed by atoms with van der Waals surface area (Å²) in [6, 6.07) is 11.0. The van der Waals surface area contributed by atoms with Crippen molar-refractivity contribution in [1.82, 2.24) is 15.3 Å². The number of carboxylic acid groups (broad SMARTS) is 1. The van der Waals surface area contributed by atoms with E-state index in [4.69, 9.17) is 6.42 Å². The first kappa shape index (κ1) is 19.6. The number of fused-ring (bicyclic) bond motifs is 1. The van der Waals surface area contributed by atoms with Gasteiger partial charge in [0.15, 0.2) is 11.0 Å². The summed E-state index contributed by atoms with van der Waals surface area (Å²) >= 11 is 2.75. The number of amides is 2. The third kappa shape index (κ3) is 4.00. The van der Waals surface area contributed by atoms with E-state index in [-0.39, 0.29) is 5.82 Å². The lowest BCUT2D eigenvalue weighted by atomic mass is 10.0. The van der Waals surface area contributed by atoms with Crippen molar-refractivity contribution in [2.75, 3.05) is 5.32 Å². The molecule has 30 heavy (non-hydrogen) atoms. The normalized spacial score (nSPS) is 11.6. The molecule has 0 radical (unpaired) electrons. The number of hydrogen-bond donors (Lipinski definition) is 3. The van der Waals surface area contributed by atoms with Crippen molar-refractivity contribution < 1.29 is 14.7 Å². The number of aliphatic carboxylic acids is 1. The zero-order valence-corrected chi connectivity index (χ0v) is 17.0. The van der Waals surface area contributed by atoms with Gasteiger partial charge < -0.3 is 10.4 Å². The van der Waals surface area contributed by atoms with Gasteiger partial charge in [-0.1, -0.05) is 36.4 Å². The SMILES string of the molecule is C#Cc1nc(NC(=O)NC(C(=O)O)c2ccc(-c3cccc4ncsc34)cc2)cs1. The second kappa shape index (κ2) is 8.32. The molecule has 0 aliphatic heterocycles. The largest absolute Gasteiger partial charge is 0.479 e. The van der Waals surface area contributed by atoms with Gasteiger partial charge in [0.1, 0.15) is 5.82 Å². The third-order valence-electron chi connectivity index (χ3n) is 4.30. The monoisotopic (exact) mass is 434 g/mol. The highest BCUT2D eigenvalue weighted by Crippen LogP contribution is 2.31. The maximum Gasteiger partial charge on any atom is 0.330 e. The number of rotatable bonds is 5. The first-order valence-electron chi connectivity index (χ1n) is 8.70. The maximum absolute atomic E-state index is 12.2. The molecule has 0 saturated heterocycles. The first-order chi connectivity index (χ1) is 14.5. The van der Waals surface area contributed by atoms with E-state index >= 15 is 0 Å². The number of carboxylic acids is 1. The molecular weight excluding hydrogens is 420 g/mol. The van der Waals surface area contributed by atoms with E-state index in [1.54, 1.807) is 34.4 Å². The van der Waals surface area contributed by atoms with Crippen LogP contribution in [0.25, 0.3) is 21.3 Å². The van der Waals surface area contributed by atoms with E-state index in [1.807, 2.05) is 30.3 Å². The summed E-state index contributed by atoms with van der Waals surface area (Å²) in [5.41, 5.74) is 5.11. The molecule has 0 fully saturated rings. The Bertz CT molecular complexity index is 1270. The van der Waals surface area contributed by atoms with Crippen molar-refractivity contribution in [3.63, 3.8) is 0 Å². The number of benzene rings is 2. The van der Waals surface area contributed by atoms with E-state index in [2.05, 4.69) is 26.5 Å². The van der Waals surface area contributed by atoms with Crippen LogP contribution in [0.5, 0.6) is 0 Å². The standard InChI is InChI=1S/C21H14N4O3S2/c1-2-17-23-16(10-29-17)24-21(28)25-18(20(26)27)13-8-6-12(7-9-13)14-4-3-5-15-19(14)30-11-22-15/h1,3-11,18H,(H,26,27)(H2,24,25,28). The zero-order valence-electron chi connectivity index (χ0n) is 15.3. The van der Waals surface area contributed by atoms with Gasteiger partial charge in [-0.15, -0.1) is 29.1 Å². The molecule has 4 aromatic rings. The van der Waals surface area contributed by atoms with Gasteiger partial charge >= 0.3 is 12.0 Å². The van der Waals surface area contributed by atoms with Crippen molar-refractivity contribution in [2.24, 2.45) is 0 Å². The predicted molar refractivity (Wildman–Crippen MR) is 118 cm³/mol. The Labute approximate surface area is 179 Å². The van der Waals surface area contributed by atoms with Crippen LogP contribution < -0.4 is 10.6 Å². The minimum absolute atomic E-state index is 0.266. The minimum atomic E-state index is -1.22. The predicted octanol–water partition coefficient (Wildman–Crippen LogP) is 4.35. The highest BCUT2D eigenvalue weighted by Gasteiger charge is 2.22. The summed E-state index contributed by atoms with van der Waals surface area (Å²) in [4.78, 5) is 32.3. The van der Waals surface area contributed by atoms with Crippen molar-refractivity contribution in [3.05, 3.63) is 63.9 Å². The number of thiazole rings is 2. The fourth-order valence-electron chi connectivity index (χ4n) is 2.94. The summed E-state index contributed by atoms with van der Waals surface area (Å²) in [7, 11) is 0. The highest BCUT2D eigenvalue weighted by atomic mass is 32.1. The molecule has 1 atom stereocenters. The fourth-order valence-corrected chi connectivity index (χ4v) is 4.32. The van der Waals surface area contributed by atoms with E-state index in [0.29, 0.717) is 10.6 Å². The van der Waals surface area contributed by atoms with Crippen LogP contribution in [0.2, 0.25) is 0 Å². The van der Waals surface area contributed by atoms with Gasteiger partial charge in [-0.3, -0.25) is 5.32 Å². The number of carbonyl (C=O) groups is 2. The van der Waals surface area contributed by atoms with Crippen LogP contribution in [-0.2, 0) is 4.79 Å². The quantitative estimate of drug-likeness (QED) is 0.405. The van der Waals surface area contributed by atoms with Gasteiger partial charge in [0.05, 0.1) is 15.7 Å². The molecule has 4 rings (SSSR count). The molecule has 2 amide bonds. The van der Waals surface area contributed by atoms with E-state index in [1.165, 1.54) is 11.3 Å². The van der Waals surface area contributed by atoms with Crippen molar-refractivity contribution in [2.45, 2.75) is 6.04 Å². The number of anilines is 1. The number of hydrogen-bond acceptors (Lipinski definition) is 6. The molecule has 1 unspecified atom stereocenters. The number of urea groups is 1. The van der Waals surface area contributed by atoms with Crippen LogP contribution >= 0.6 is 22.7 Å². The lowest BCUT2D eigenvalue weighted by molar-refractivity contribution is -0.139. The average Bonchev–Trinajstić information content (AvgIpc) is 3.41. The van der Waals surface area contributed by atoms with Gasteiger partial charge in [-0.05, 0) is 23.1 Å². The molecule has 0 bridgehead atoms. The van der Waals surface area contributed by atoms with Gasteiger partial charge in [0.25, 0.3) is 0 Å². The van der Waals surface area contributed by atoms with Crippen LogP contribution in [0, 0.1) is 12.3 Å². The van der Waals surface area contributed by atoms with Crippen LogP contribution in [-0.4, -0.2) is 27.1 Å². The average molecular weight is 435 g/mol. The molecule has 2 aromatic heterocycles. The fraction of sp³-hybridized carbons (Fsp3) is 0.0476. The molecule has 7 nitrogen and oxygen atoms in total. The Kier molecular flexibility index (Phi) is 5.43. The van der Waals surface area contributed by atoms with Crippen LogP contribution in [0.15, 0.2) is 53.4 Å². The molecule has 0 spiro atoms. The molecule has 2 heterocycles. The zero-order chi connectivity index (χ0) is 21.1. The number of terminal acetylenes is 1. The van der Waals surface area contributed by atoms with E-state index < -0.39 is 18.0 Å². The van der Waals surface area contributed by atoms with Crippen LogP contribution in [0.1, 0.15) is 16.6 Å². The van der Waals surface area contributed by atoms with Gasteiger partial charge in [0.2, 0.25) is 0 Å². The van der Waals surface area contributed by atoms with Gasteiger partial charge in [-0.2, -0.15) is 0 Å². The Balaban J connectivity index is 1.53. The Morgan fingerprint density at radius 3 is 2.63 bits per heavy atom.